The van der Waals surface area contributed by atoms with Gasteiger partial charge in [0.2, 0.25) is 10.0 Å². The third-order valence-electron chi connectivity index (χ3n) is 5.29. The number of nitrogens with zero attached hydrogens (tertiary/aromatic N) is 1. The lowest BCUT2D eigenvalue weighted by Gasteiger charge is -2.36. The van der Waals surface area contributed by atoms with E-state index in [1.54, 1.807) is 24.3 Å². The second-order valence-electron chi connectivity index (χ2n) is 7.74. The minimum atomic E-state index is -5.08. The van der Waals surface area contributed by atoms with Crippen LogP contribution in [-0.4, -0.2) is 63.0 Å². The number of carbonyl (C=O) groups is 1. The van der Waals surface area contributed by atoms with E-state index >= 15 is 0 Å². The summed E-state index contributed by atoms with van der Waals surface area (Å²) in [5, 5.41) is 6.33. The lowest BCUT2D eigenvalue weighted by Crippen LogP contribution is -2.47. The van der Waals surface area contributed by atoms with Crippen LogP contribution in [0.15, 0.2) is 59.5 Å². The number of halogens is 3. The van der Waals surface area contributed by atoms with Gasteiger partial charge in [0, 0.05) is 19.6 Å². The number of aliphatic carboxylic acids is 1. The average Bonchev–Trinajstić information content (AvgIpc) is 2.78. The van der Waals surface area contributed by atoms with Crippen LogP contribution in [0.3, 0.4) is 0 Å². The van der Waals surface area contributed by atoms with E-state index in [-0.39, 0.29) is 17.4 Å². The smallest absolute Gasteiger partial charge is 0.475 e. The van der Waals surface area contributed by atoms with Crippen LogP contribution in [0.25, 0.3) is 0 Å². The van der Waals surface area contributed by atoms with E-state index in [1.165, 1.54) is 4.31 Å². The fourth-order valence-electron chi connectivity index (χ4n) is 3.48. The van der Waals surface area contributed by atoms with Gasteiger partial charge in [-0.15, -0.1) is 0 Å². The summed E-state index contributed by atoms with van der Waals surface area (Å²) in [5.74, 6) is -2.93. The number of hydrogen-bond donors (Lipinski definition) is 2. The maximum Gasteiger partial charge on any atom is 0.490 e. The highest BCUT2D eigenvalue weighted by Gasteiger charge is 2.40. The van der Waals surface area contributed by atoms with Crippen molar-refractivity contribution in [2.45, 2.75) is 35.2 Å². The summed E-state index contributed by atoms with van der Waals surface area (Å²) in [4.78, 5) is 9.10. The van der Waals surface area contributed by atoms with Gasteiger partial charge in [0.05, 0.1) is 16.4 Å². The predicted molar refractivity (Wildman–Crippen MR) is 119 cm³/mol. The van der Waals surface area contributed by atoms with Gasteiger partial charge in [-0.05, 0) is 35.6 Å². The van der Waals surface area contributed by atoms with Crippen LogP contribution >= 0.6 is 0 Å². The Morgan fingerprint density at radius 2 is 1.56 bits per heavy atom. The van der Waals surface area contributed by atoms with E-state index in [1.807, 2.05) is 30.3 Å². The molecule has 3 N–H and O–H groups in total. The minimum Gasteiger partial charge on any atom is -0.475 e. The molecule has 0 aliphatic carbocycles. The summed E-state index contributed by atoms with van der Waals surface area (Å²) in [6.07, 6.45) is -3.57. The van der Waals surface area contributed by atoms with Gasteiger partial charge in [-0.25, -0.2) is 25.9 Å². The standard InChI is InChI=1S/C19H24N2O4S2.C2HF3O2/c1-26(22,23)21-13-17(16-5-3-2-4-6-16)11-19(14-21)27(24,25)18-9-7-15(12-20)8-10-18;3-2(4,5)1(6)7/h2-10,17,19H,11-14,20H2,1H3;(H,6,7)/t17-,19+;/m1./s1. The fourth-order valence-corrected chi connectivity index (χ4v) is 6.24. The van der Waals surface area contributed by atoms with Gasteiger partial charge in [-0.2, -0.15) is 13.2 Å². The van der Waals surface area contributed by atoms with Gasteiger partial charge >= 0.3 is 12.1 Å². The second kappa shape index (κ2) is 10.8. The van der Waals surface area contributed by atoms with Crippen molar-refractivity contribution in [1.29, 1.82) is 0 Å². The lowest BCUT2D eigenvalue weighted by atomic mass is 9.91. The van der Waals surface area contributed by atoms with Crippen LogP contribution in [0.5, 0.6) is 0 Å². The van der Waals surface area contributed by atoms with Crippen LogP contribution in [0.4, 0.5) is 13.2 Å². The highest BCUT2D eigenvalue weighted by Crippen LogP contribution is 2.33. The zero-order valence-electron chi connectivity index (χ0n) is 18.1. The molecule has 0 aromatic heterocycles. The Kier molecular flexibility index (Phi) is 8.86. The number of rotatable bonds is 5. The quantitative estimate of drug-likeness (QED) is 0.616. The molecular weight excluding hydrogens is 497 g/mol. The molecule has 0 amide bonds. The summed E-state index contributed by atoms with van der Waals surface area (Å²) >= 11 is 0. The maximum absolute atomic E-state index is 13.2. The van der Waals surface area contributed by atoms with Crippen molar-refractivity contribution in [3.8, 4) is 0 Å². The Bertz CT molecular complexity index is 1190. The minimum absolute atomic E-state index is 0.0247. The third-order valence-corrected chi connectivity index (χ3v) is 8.67. The molecule has 0 unspecified atom stereocenters. The SMILES string of the molecule is CS(=O)(=O)N1C[C@H](c2ccccc2)C[C@H](S(=O)(=O)c2ccc(CN)cc2)C1.O=C(O)C(F)(F)F. The van der Waals surface area contributed by atoms with Crippen LogP contribution in [0, 0.1) is 0 Å². The molecule has 0 bridgehead atoms. The number of hydrogen-bond acceptors (Lipinski definition) is 6. The number of carboxylic acid groups (broad SMARTS) is 1. The van der Waals surface area contributed by atoms with Crippen molar-refractivity contribution >= 4 is 25.8 Å². The summed E-state index contributed by atoms with van der Waals surface area (Å²) in [7, 11) is -7.17. The van der Waals surface area contributed by atoms with Crippen molar-refractivity contribution in [2.75, 3.05) is 19.3 Å². The summed E-state index contributed by atoms with van der Waals surface area (Å²) in [6, 6.07) is 16.0. The van der Waals surface area contributed by atoms with Crippen molar-refractivity contribution in [2.24, 2.45) is 5.73 Å². The Morgan fingerprint density at radius 3 is 2.00 bits per heavy atom. The molecule has 0 saturated carbocycles. The van der Waals surface area contributed by atoms with Crippen LogP contribution in [0.2, 0.25) is 0 Å². The molecule has 2 aromatic carbocycles. The van der Waals surface area contributed by atoms with E-state index < -0.39 is 37.3 Å². The number of alkyl halides is 3. The molecule has 1 heterocycles. The molecule has 0 radical (unpaired) electrons. The molecule has 188 valence electrons. The van der Waals surface area contributed by atoms with Crippen LogP contribution in [0.1, 0.15) is 23.5 Å². The topological polar surface area (TPSA) is 135 Å². The highest BCUT2D eigenvalue weighted by atomic mass is 32.2. The lowest BCUT2D eigenvalue weighted by molar-refractivity contribution is -0.192. The largest absolute Gasteiger partial charge is 0.490 e. The van der Waals surface area contributed by atoms with Gasteiger partial charge in [-0.1, -0.05) is 42.5 Å². The fraction of sp³-hybridized carbons (Fsp3) is 0.381. The van der Waals surface area contributed by atoms with Crippen LogP contribution in [-0.2, 0) is 31.2 Å². The van der Waals surface area contributed by atoms with E-state index in [4.69, 9.17) is 15.6 Å². The number of sulfonamides is 1. The Morgan fingerprint density at radius 1 is 1.03 bits per heavy atom. The van der Waals surface area contributed by atoms with Gasteiger partial charge in [-0.3, -0.25) is 0 Å². The third kappa shape index (κ3) is 7.26. The summed E-state index contributed by atoms with van der Waals surface area (Å²) in [6.45, 7) is 0.603. The maximum atomic E-state index is 13.2. The van der Waals surface area contributed by atoms with E-state index in [2.05, 4.69) is 0 Å². The first-order chi connectivity index (χ1) is 15.7. The summed E-state index contributed by atoms with van der Waals surface area (Å²) in [5.41, 5.74) is 7.37. The number of nitrogens with two attached hydrogens (primary N) is 1. The van der Waals surface area contributed by atoms with E-state index in [0.29, 0.717) is 19.5 Å². The molecule has 8 nitrogen and oxygen atoms in total. The number of carboxylic acids is 1. The van der Waals surface area contributed by atoms with Gasteiger partial charge in [0.15, 0.2) is 9.84 Å². The van der Waals surface area contributed by atoms with Gasteiger partial charge in [0.25, 0.3) is 0 Å². The Balaban J connectivity index is 0.000000509. The molecular formula is C21H25F3N2O6S2. The van der Waals surface area contributed by atoms with Crippen molar-refractivity contribution < 1.29 is 39.9 Å². The first kappa shape index (κ1) is 27.8. The highest BCUT2D eigenvalue weighted by molar-refractivity contribution is 7.92. The van der Waals surface area contributed by atoms with Crippen molar-refractivity contribution in [3.63, 3.8) is 0 Å². The molecule has 1 fully saturated rings. The number of benzene rings is 2. The molecule has 3 rings (SSSR count). The van der Waals surface area contributed by atoms with Gasteiger partial charge < -0.3 is 10.8 Å². The molecule has 1 saturated heterocycles. The molecule has 2 aromatic rings. The molecule has 1 aliphatic rings. The Labute approximate surface area is 196 Å². The average molecular weight is 523 g/mol. The monoisotopic (exact) mass is 522 g/mol. The predicted octanol–water partition coefficient (Wildman–Crippen LogP) is 2.37. The Hall–Kier alpha value is -2.48. The van der Waals surface area contributed by atoms with Gasteiger partial charge in [0.1, 0.15) is 0 Å². The first-order valence-corrected chi connectivity index (χ1v) is 13.4. The number of piperidine rings is 1. The second-order valence-corrected chi connectivity index (χ2v) is 12.0. The first-order valence-electron chi connectivity index (χ1n) is 9.99. The zero-order chi connectivity index (χ0) is 25.7. The molecule has 13 heteroatoms. The molecule has 0 spiro atoms. The number of sulfone groups is 1. The zero-order valence-corrected chi connectivity index (χ0v) is 19.8. The summed E-state index contributed by atoms with van der Waals surface area (Å²) < 4.78 is 83.7. The normalized spacial score (nSPS) is 19.7. The van der Waals surface area contributed by atoms with E-state index in [0.717, 1.165) is 17.4 Å². The molecule has 2 atom stereocenters. The van der Waals surface area contributed by atoms with Crippen molar-refractivity contribution in [1.82, 2.24) is 4.31 Å². The van der Waals surface area contributed by atoms with Crippen molar-refractivity contribution in [3.05, 3.63) is 65.7 Å². The van der Waals surface area contributed by atoms with Crippen LogP contribution < -0.4 is 5.73 Å². The van der Waals surface area contributed by atoms with E-state index in [9.17, 15) is 30.0 Å². The molecule has 1 aliphatic heterocycles. The molecule has 34 heavy (non-hydrogen) atoms.